The van der Waals surface area contributed by atoms with E-state index in [1.807, 2.05) is 26.8 Å². The number of rotatable bonds is 6. The number of hydrogen-bond acceptors (Lipinski definition) is 4. The van der Waals surface area contributed by atoms with Crippen LogP contribution in [-0.4, -0.2) is 56.2 Å². The van der Waals surface area contributed by atoms with E-state index >= 15 is 0 Å². The summed E-state index contributed by atoms with van der Waals surface area (Å²) < 4.78 is 31.5. The number of amides is 1. The second-order valence-electron chi connectivity index (χ2n) is 5.44. The van der Waals surface area contributed by atoms with Crippen LogP contribution in [0.3, 0.4) is 0 Å². The molecule has 1 aliphatic heterocycles. The first-order valence-electron chi connectivity index (χ1n) is 7.34. The van der Waals surface area contributed by atoms with E-state index in [2.05, 4.69) is 5.32 Å². The highest BCUT2D eigenvalue weighted by Gasteiger charge is 2.30. The van der Waals surface area contributed by atoms with Crippen molar-refractivity contribution in [2.75, 3.05) is 25.4 Å². The van der Waals surface area contributed by atoms with Gasteiger partial charge >= 0.3 is 0 Å². The largest absolute Gasteiger partial charge is 0.373 e. The Kier molecular flexibility index (Phi) is 6.83. The van der Waals surface area contributed by atoms with E-state index in [1.165, 1.54) is 4.31 Å². The quantitative estimate of drug-likeness (QED) is 0.738. The third-order valence-electron chi connectivity index (χ3n) is 3.29. The highest BCUT2D eigenvalue weighted by molar-refractivity contribution is 7.89. The molecule has 21 heavy (non-hydrogen) atoms. The van der Waals surface area contributed by atoms with Gasteiger partial charge in [-0.05, 0) is 27.2 Å². The molecule has 1 aliphatic rings. The maximum atomic E-state index is 12.3. The van der Waals surface area contributed by atoms with Crippen molar-refractivity contribution >= 4 is 15.9 Å². The second kappa shape index (κ2) is 7.91. The number of morpholine rings is 1. The van der Waals surface area contributed by atoms with Crippen molar-refractivity contribution < 1.29 is 17.9 Å². The third-order valence-corrected chi connectivity index (χ3v) is 5.10. The number of nitrogens with one attached hydrogen (secondary N) is 1. The van der Waals surface area contributed by atoms with Gasteiger partial charge in [-0.25, -0.2) is 8.42 Å². The highest BCUT2D eigenvalue weighted by atomic mass is 32.2. The molecule has 0 bridgehead atoms. The number of hydrogen-bond donors (Lipinski definition) is 1. The van der Waals surface area contributed by atoms with Gasteiger partial charge in [-0.2, -0.15) is 4.31 Å². The first-order chi connectivity index (χ1) is 9.76. The minimum atomic E-state index is -3.36. The van der Waals surface area contributed by atoms with Gasteiger partial charge in [-0.3, -0.25) is 4.79 Å². The van der Waals surface area contributed by atoms with Crippen molar-refractivity contribution in [3.63, 3.8) is 0 Å². The first kappa shape index (κ1) is 18.1. The summed E-state index contributed by atoms with van der Waals surface area (Å²) >= 11 is 0. The van der Waals surface area contributed by atoms with Crippen LogP contribution >= 0.6 is 0 Å². The van der Waals surface area contributed by atoms with Crippen LogP contribution in [0.1, 0.15) is 34.1 Å². The van der Waals surface area contributed by atoms with Crippen molar-refractivity contribution in [3.8, 4) is 0 Å². The Labute approximate surface area is 127 Å². The average Bonchev–Trinajstić information content (AvgIpc) is 2.37. The Morgan fingerprint density at radius 3 is 2.43 bits per heavy atom. The summed E-state index contributed by atoms with van der Waals surface area (Å²) in [5.74, 6) is -0.298. The van der Waals surface area contributed by atoms with Crippen molar-refractivity contribution in [1.29, 1.82) is 0 Å². The van der Waals surface area contributed by atoms with E-state index in [-0.39, 0.29) is 30.4 Å². The lowest BCUT2D eigenvalue weighted by molar-refractivity contribution is -0.117. The summed E-state index contributed by atoms with van der Waals surface area (Å²) in [5.41, 5.74) is 0.614. The number of carbonyl (C=O) groups is 1. The smallest absolute Gasteiger partial charge is 0.246 e. The SMILES string of the molecule is CC/C=C(\C)C(=O)NCCS(=O)(=O)N1CC(C)OC(C)C1. The van der Waals surface area contributed by atoms with E-state index in [0.29, 0.717) is 18.7 Å². The van der Waals surface area contributed by atoms with Crippen LogP contribution in [0.25, 0.3) is 0 Å². The van der Waals surface area contributed by atoms with Crippen LogP contribution < -0.4 is 5.32 Å². The minimum absolute atomic E-state index is 0.0857. The van der Waals surface area contributed by atoms with Crippen molar-refractivity contribution in [2.45, 2.75) is 46.3 Å². The molecule has 6 nitrogen and oxygen atoms in total. The van der Waals surface area contributed by atoms with Gasteiger partial charge in [0.25, 0.3) is 0 Å². The fourth-order valence-corrected chi connectivity index (χ4v) is 3.81. The van der Waals surface area contributed by atoms with E-state index < -0.39 is 10.0 Å². The van der Waals surface area contributed by atoms with Crippen molar-refractivity contribution in [1.82, 2.24) is 9.62 Å². The molecule has 1 heterocycles. The molecule has 1 fully saturated rings. The monoisotopic (exact) mass is 318 g/mol. The van der Waals surface area contributed by atoms with Gasteiger partial charge < -0.3 is 10.1 Å². The lowest BCUT2D eigenvalue weighted by atomic mass is 10.2. The van der Waals surface area contributed by atoms with Gasteiger partial charge in [0.2, 0.25) is 15.9 Å². The van der Waals surface area contributed by atoms with Crippen LogP contribution in [0.5, 0.6) is 0 Å². The van der Waals surface area contributed by atoms with E-state index in [1.54, 1.807) is 6.92 Å². The zero-order valence-corrected chi connectivity index (χ0v) is 14.1. The molecule has 122 valence electrons. The maximum absolute atomic E-state index is 12.3. The number of carbonyl (C=O) groups excluding carboxylic acids is 1. The number of sulfonamides is 1. The van der Waals surface area contributed by atoms with E-state index in [0.717, 1.165) is 6.42 Å². The molecule has 1 saturated heterocycles. The van der Waals surface area contributed by atoms with E-state index in [4.69, 9.17) is 4.74 Å². The van der Waals surface area contributed by atoms with Gasteiger partial charge in [0, 0.05) is 25.2 Å². The molecule has 2 atom stereocenters. The Bertz CT molecular complexity index is 477. The Morgan fingerprint density at radius 2 is 1.90 bits per heavy atom. The zero-order valence-electron chi connectivity index (χ0n) is 13.3. The van der Waals surface area contributed by atoms with Crippen molar-refractivity contribution in [2.24, 2.45) is 0 Å². The zero-order chi connectivity index (χ0) is 16.0. The van der Waals surface area contributed by atoms with Crippen LogP contribution in [0.4, 0.5) is 0 Å². The number of ether oxygens (including phenoxy) is 1. The van der Waals surface area contributed by atoms with Gasteiger partial charge in [-0.15, -0.1) is 0 Å². The molecule has 0 aliphatic carbocycles. The Hall–Kier alpha value is -0.920. The summed E-state index contributed by atoms with van der Waals surface area (Å²) in [6.07, 6.45) is 2.39. The normalized spacial score (nSPS) is 24.9. The van der Waals surface area contributed by atoms with Crippen LogP contribution in [0, 0.1) is 0 Å². The Morgan fingerprint density at radius 1 is 1.33 bits per heavy atom. The molecule has 1 rings (SSSR count). The predicted molar refractivity (Wildman–Crippen MR) is 82.4 cm³/mol. The lowest BCUT2D eigenvalue weighted by Crippen LogP contribution is -2.49. The summed E-state index contributed by atoms with van der Waals surface area (Å²) in [6, 6.07) is 0. The molecule has 0 aromatic carbocycles. The molecule has 1 amide bonds. The molecule has 7 heteroatoms. The number of nitrogens with zero attached hydrogens (tertiary/aromatic N) is 1. The average molecular weight is 318 g/mol. The molecular formula is C14H26N2O4S. The summed E-state index contributed by atoms with van der Waals surface area (Å²) in [5, 5.41) is 2.64. The third kappa shape index (κ3) is 5.76. The summed E-state index contributed by atoms with van der Waals surface area (Å²) in [7, 11) is -3.36. The van der Waals surface area contributed by atoms with Gasteiger partial charge in [0.15, 0.2) is 0 Å². The molecule has 2 unspecified atom stereocenters. The van der Waals surface area contributed by atoms with Crippen LogP contribution in [0.2, 0.25) is 0 Å². The fourth-order valence-electron chi connectivity index (χ4n) is 2.32. The van der Waals surface area contributed by atoms with E-state index in [9.17, 15) is 13.2 Å². The highest BCUT2D eigenvalue weighted by Crippen LogP contribution is 2.14. The van der Waals surface area contributed by atoms with Gasteiger partial charge in [-0.1, -0.05) is 13.0 Å². The molecule has 0 saturated carbocycles. The lowest BCUT2D eigenvalue weighted by Gasteiger charge is -2.34. The predicted octanol–water partition coefficient (Wildman–Crippen LogP) is 0.898. The van der Waals surface area contributed by atoms with Crippen LogP contribution in [-0.2, 0) is 19.6 Å². The molecular weight excluding hydrogens is 292 g/mol. The number of allylic oxidation sites excluding steroid dienone is 1. The standard InChI is InChI=1S/C14H26N2O4S/c1-5-6-11(2)14(17)15-7-8-21(18,19)16-9-12(3)20-13(4)10-16/h6,12-13H,5,7-10H2,1-4H3,(H,15,17)/b11-6+. The molecule has 0 aromatic rings. The van der Waals surface area contributed by atoms with Gasteiger partial charge in [0.05, 0.1) is 18.0 Å². The molecule has 0 radical (unpaired) electrons. The Balaban J connectivity index is 2.50. The van der Waals surface area contributed by atoms with Gasteiger partial charge in [0.1, 0.15) is 0 Å². The molecule has 1 N–H and O–H groups in total. The van der Waals surface area contributed by atoms with Crippen molar-refractivity contribution in [3.05, 3.63) is 11.6 Å². The fraction of sp³-hybridized carbons (Fsp3) is 0.786. The molecule has 0 aromatic heterocycles. The first-order valence-corrected chi connectivity index (χ1v) is 8.95. The summed E-state index contributed by atoms with van der Waals surface area (Å²) in [4.78, 5) is 11.7. The second-order valence-corrected chi connectivity index (χ2v) is 7.53. The topological polar surface area (TPSA) is 75.7 Å². The maximum Gasteiger partial charge on any atom is 0.246 e. The minimum Gasteiger partial charge on any atom is -0.373 e. The summed E-state index contributed by atoms with van der Waals surface area (Å²) in [6.45, 7) is 8.25. The van der Waals surface area contributed by atoms with Crippen LogP contribution in [0.15, 0.2) is 11.6 Å². The molecule has 0 spiro atoms.